The number of hydrogen-bond donors (Lipinski definition) is 1. The van der Waals surface area contributed by atoms with Crippen LogP contribution in [0.25, 0.3) is 0 Å². The van der Waals surface area contributed by atoms with Gasteiger partial charge in [-0.05, 0) is 75.3 Å². The first-order valence-electron chi connectivity index (χ1n) is 7.31. The lowest BCUT2D eigenvalue weighted by Gasteiger charge is -2.29. The number of fused-ring (bicyclic) bond motifs is 1. The SMILES string of the molecule is CNC1CCCC(Oc2ccc3c(c2)CCC3)C1. The molecule has 1 aromatic carbocycles. The highest BCUT2D eigenvalue weighted by molar-refractivity contribution is 5.38. The molecule has 2 heteroatoms. The molecule has 0 heterocycles. The van der Waals surface area contributed by atoms with Crippen LogP contribution in [0, 0.1) is 0 Å². The zero-order valence-corrected chi connectivity index (χ0v) is 11.2. The van der Waals surface area contributed by atoms with E-state index in [2.05, 4.69) is 30.6 Å². The molecule has 2 aliphatic carbocycles. The van der Waals surface area contributed by atoms with Crippen LogP contribution in [0.4, 0.5) is 0 Å². The third kappa shape index (κ3) is 2.54. The third-order valence-electron chi connectivity index (χ3n) is 4.41. The second kappa shape index (κ2) is 5.31. The van der Waals surface area contributed by atoms with Crippen molar-refractivity contribution < 1.29 is 4.74 Å². The van der Waals surface area contributed by atoms with Crippen molar-refractivity contribution in [3.05, 3.63) is 29.3 Å². The van der Waals surface area contributed by atoms with E-state index in [1.54, 1.807) is 0 Å². The maximum absolute atomic E-state index is 6.17. The Morgan fingerprint density at radius 1 is 1.11 bits per heavy atom. The van der Waals surface area contributed by atoms with Gasteiger partial charge in [-0.25, -0.2) is 0 Å². The first-order valence-corrected chi connectivity index (χ1v) is 7.31. The van der Waals surface area contributed by atoms with E-state index in [9.17, 15) is 0 Å². The van der Waals surface area contributed by atoms with Crippen molar-refractivity contribution in [2.75, 3.05) is 7.05 Å². The Hall–Kier alpha value is -1.02. The number of rotatable bonds is 3. The lowest BCUT2D eigenvalue weighted by Crippen LogP contribution is -2.36. The predicted molar refractivity (Wildman–Crippen MR) is 74.2 cm³/mol. The minimum absolute atomic E-state index is 0.399. The van der Waals surface area contributed by atoms with Crippen molar-refractivity contribution in [3.8, 4) is 5.75 Å². The van der Waals surface area contributed by atoms with Crippen molar-refractivity contribution in [1.29, 1.82) is 0 Å². The van der Waals surface area contributed by atoms with Gasteiger partial charge in [-0.1, -0.05) is 6.07 Å². The smallest absolute Gasteiger partial charge is 0.120 e. The molecule has 1 fully saturated rings. The molecular formula is C16H23NO. The Balaban J connectivity index is 1.65. The van der Waals surface area contributed by atoms with E-state index in [4.69, 9.17) is 4.74 Å². The molecule has 0 bridgehead atoms. The van der Waals surface area contributed by atoms with E-state index in [0.717, 1.165) is 12.2 Å². The van der Waals surface area contributed by atoms with Crippen molar-refractivity contribution in [2.24, 2.45) is 0 Å². The van der Waals surface area contributed by atoms with Crippen molar-refractivity contribution >= 4 is 0 Å². The molecule has 2 atom stereocenters. The van der Waals surface area contributed by atoms with Crippen LogP contribution in [0.5, 0.6) is 5.75 Å². The second-order valence-electron chi connectivity index (χ2n) is 5.68. The summed E-state index contributed by atoms with van der Waals surface area (Å²) in [7, 11) is 2.06. The predicted octanol–water partition coefficient (Wildman–Crippen LogP) is 3.08. The molecule has 0 saturated heterocycles. The average molecular weight is 245 g/mol. The van der Waals surface area contributed by atoms with Gasteiger partial charge in [0.1, 0.15) is 11.9 Å². The molecule has 0 amide bonds. The summed E-state index contributed by atoms with van der Waals surface area (Å²) in [5.74, 6) is 1.08. The molecule has 98 valence electrons. The Kier molecular flexibility index (Phi) is 3.55. The van der Waals surface area contributed by atoms with Gasteiger partial charge in [0.05, 0.1) is 0 Å². The van der Waals surface area contributed by atoms with E-state index in [1.807, 2.05) is 0 Å². The molecule has 2 aliphatic rings. The molecule has 0 spiro atoms. The lowest BCUT2D eigenvalue weighted by molar-refractivity contribution is 0.137. The summed E-state index contributed by atoms with van der Waals surface area (Å²) in [6, 6.07) is 7.33. The second-order valence-corrected chi connectivity index (χ2v) is 5.68. The lowest BCUT2D eigenvalue weighted by atomic mass is 9.93. The quantitative estimate of drug-likeness (QED) is 0.883. The summed E-state index contributed by atoms with van der Waals surface area (Å²) in [5, 5.41) is 3.38. The van der Waals surface area contributed by atoms with Gasteiger partial charge in [0.25, 0.3) is 0 Å². The van der Waals surface area contributed by atoms with Crippen LogP contribution in [0.3, 0.4) is 0 Å². The van der Waals surface area contributed by atoms with Gasteiger partial charge in [0, 0.05) is 6.04 Å². The van der Waals surface area contributed by atoms with Crippen molar-refractivity contribution in [3.63, 3.8) is 0 Å². The highest BCUT2D eigenvalue weighted by Crippen LogP contribution is 2.29. The van der Waals surface area contributed by atoms with E-state index in [1.165, 1.54) is 49.7 Å². The molecule has 18 heavy (non-hydrogen) atoms. The summed E-state index contributed by atoms with van der Waals surface area (Å²) in [6.45, 7) is 0. The monoisotopic (exact) mass is 245 g/mol. The van der Waals surface area contributed by atoms with Crippen LogP contribution in [0.2, 0.25) is 0 Å². The fourth-order valence-corrected chi connectivity index (χ4v) is 3.33. The molecule has 1 saturated carbocycles. The number of nitrogens with one attached hydrogen (secondary N) is 1. The number of aryl methyl sites for hydroxylation is 2. The molecule has 0 aliphatic heterocycles. The first kappa shape index (κ1) is 12.0. The zero-order chi connectivity index (χ0) is 12.4. The fraction of sp³-hybridized carbons (Fsp3) is 0.625. The number of benzene rings is 1. The zero-order valence-electron chi connectivity index (χ0n) is 11.2. The van der Waals surface area contributed by atoms with Gasteiger partial charge < -0.3 is 10.1 Å². The third-order valence-corrected chi connectivity index (χ3v) is 4.41. The first-order chi connectivity index (χ1) is 8.85. The Bertz CT molecular complexity index is 416. The molecule has 2 nitrogen and oxygen atoms in total. The van der Waals surface area contributed by atoms with Crippen molar-refractivity contribution in [2.45, 2.75) is 57.1 Å². The molecular weight excluding hydrogens is 222 g/mol. The van der Waals surface area contributed by atoms with Crippen LogP contribution in [0.1, 0.15) is 43.2 Å². The van der Waals surface area contributed by atoms with E-state index in [-0.39, 0.29) is 0 Å². The van der Waals surface area contributed by atoms with Crippen LogP contribution in [-0.2, 0) is 12.8 Å². The van der Waals surface area contributed by atoms with Gasteiger partial charge in [-0.2, -0.15) is 0 Å². The van der Waals surface area contributed by atoms with E-state index >= 15 is 0 Å². The highest BCUT2D eigenvalue weighted by Gasteiger charge is 2.22. The average Bonchev–Trinajstić information content (AvgIpc) is 2.86. The van der Waals surface area contributed by atoms with Gasteiger partial charge in [-0.15, -0.1) is 0 Å². The van der Waals surface area contributed by atoms with Crippen LogP contribution >= 0.6 is 0 Å². The summed E-state index contributed by atoms with van der Waals surface area (Å²) >= 11 is 0. The minimum atomic E-state index is 0.399. The summed E-state index contributed by atoms with van der Waals surface area (Å²) in [5.41, 5.74) is 3.03. The van der Waals surface area contributed by atoms with Gasteiger partial charge in [0.15, 0.2) is 0 Å². The molecule has 3 rings (SSSR count). The van der Waals surface area contributed by atoms with Gasteiger partial charge in [0.2, 0.25) is 0 Å². The highest BCUT2D eigenvalue weighted by atomic mass is 16.5. The Morgan fingerprint density at radius 2 is 2.00 bits per heavy atom. The maximum Gasteiger partial charge on any atom is 0.120 e. The normalized spacial score (nSPS) is 26.9. The van der Waals surface area contributed by atoms with Crippen LogP contribution in [-0.4, -0.2) is 19.2 Å². The van der Waals surface area contributed by atoms with Gasteiger partial charge in [-0.3, -0.25) is 0 Å². The fourth-order valence-electron chi connectivity index (χ4n) is 3.33. The minimum Gasteiger partial charge on any atom is -0.490 e. The van der Waals surface area contributed by atoms with Crippen LogP contribution < -0.4 is 10.1 Å². The molecule has 0 radical (unpaired) electrons. The Morgan fingerprint density at radius 3 is 2.89 bits per heavy atom. The molecule has 2 unspecified atom stereocenters. The van der Waals surface area contributed by atoms with E-state index in [0.29, 0.717) is 12.1 Å². The number of hydrogen-bond acceptors (Lipinski definition) is 2. The summed E-state index contributed by atoms with van der Waals surface area (Å²) in [4.78, 5) is 0. The topological polar surface area (TPSA) is 21.3 Å². The van der Waals surface area contributed by atoms with Gasteiger partial charge >= 0.3 is 0 Å². The largest absolute Gasteiger partial charge is 0.490 e. The summed E-state index contributed by atoms with van der Waals surface area (Å²) < 4.78 is 6.17. The Labute approximate surface area is 110 Å². The molecule has 0 aromatic heterocycles. The summed E-state index contributed by atoms with van der Waals surface area (Å²) in [6.07, 6.45) is 9.11. The standard InChI is InChI=1S/C16H23NO/c1-17-14-6-3-7-15(11-14)18-16-9-8-12-4-2-5-13(12)10-16/h8-10,14-15,17H,2-7,11H2,1H3. The van der Waals surface area contributed by atoms with Crippen molar-refractivity contribution in [1.82, 2.24) is 5.32 Å². The van der Waals surface area contributed by atoms with Crippen LogP contribution in [0.15, 0.2) is 18.2 Å². The number of ether oxygens (including phenoxy) is 1. The maximum atomic E-state index is 6.17. The molecule has 1 N–H and O–H groups in total. The van der Waals surface area contributed by atoms with E-state index < -0.39 is 0 Å². The molecule has 1 aromatic rings.